The predicted octanol–water partition coefficient (Wildman–Crippen LogP) is 5.68. The van der Waals surface area contributed by atoms with Gasteiger partial charge in [-0.2, -0.15) is 0 Å². The summed E-state index contributed by atoms with van der Waals surface area (Å²) >= 11 is 0. The summed E-state index contributed by atoms with van der Waals surface area (Å²) in [4.78, 5) is 0. The van der Waals surface area contributed by atoms with Gasteiger partial charge in [-0.3, -0.25) is 0 Å². The quantitative estimate of drug-likeness (QED) is 0.604. The molecule has 4 rings (SSSR count). The van der Waals surface area contributed by atoms with Gasteiger partial charge in [-0.05, 0) is 33.9 Å². The fraction of sp³-hybridized carbons (Fsp3) is 0.0435. The second kappa shape index (κ2) is 5.86. The molecule has 0 N–H and O–H groups in total. The van der Waals surface area contributed by atoms with E-state index in [1.807, 2.05) is 24.3 Å². The molecule has 3 aromatic carbocycles. The van der Waals surface area contributed by atoms with E-state index in [1.54, 1.807) is 7.11 Å². The molecule has 3 aromatic rings. The third kappa shape index (κ3) is 2.17. The number of fused-ring (bicyclic) bond motifs is 1. The SMILES string of the molecule is C=C1C(c2ccccc2)=C(c2ccccc2)c2c(OC)cccc21. The molecule has 0 heterocycles. The summed E-state index contributed by atoms with van der Waals surface area (Å²) < 4.78 is 5.67. The summed E-state index contributed by atoms with van der Waals surface area (Å²) in [5.74, 6) is 0.887. The van der Waals surface area contributed by atoms with Crippen LogP contribution < -0.4 is 4.74 Å². The van der Waals surface area contributed by atoms with Crippen molar-refractivity contribution in [1.82, 2.24) is 0 Å². The van der Waals surface area contributed by atoms with Crippen LogP contribution in [0.25, 0.3) is 16.7 Å². The van der Waals surface area contributed by atoms with Crippen molar-refractivity contribution in [1.29, 1.82) is 0 Å². The number of allylic oxidation sites excluding steroid dienone is 2. The van der Waals surface area contributed by atoms with E-state index in [2.05, 4.69) is 61.2 Å². The van der Waals surface area contributed by atoms with E-state index < -0.39 is 0 Å². The Balaban J connectivity index is 2.08. The van der Waals surface area contributed by atoms with Gasteiger partial charge in [0, 0.05) is 11.1 Å². The lowest BCUT2D eigenvalue weighted by Gasteiger charge is -2.12. The third-order valence-electron chi connectivity index (χ3n) is 4.50. The van der Waals surface area contributed by atoms with Crippen molar-refractivity contribution < 1.29 is 4.74 Å². The molecule has 0 saturated heterocycles. The Labute approximate surface area is 142 Å². The second-order valence-corrected chi connectivity index (χ2v) is 5.84. The van der Waals surface area contributed by atoms with E-state index in [9.17, 15) is 0 Å². The molecular weight excluding hydrogens is 292 g/mol. The van der Waals surface area contributed by atoms with Crippen LogP contribution in [0.3, 0.4) is 0 Å². The third-order valence-corrected chi connectivity index (χ3v) is 4.50. The molecule has 0 spiro atoms. The van der Waals surface area contributed by atoms with Gasteiger partial charge in [0.15, 0.2) is 0 Å². The van der Waals surface area contributed by atoms with Crippen molar-refractivity contribution in [2.24, 2.45) is 0 Å². The van der Waals surface area contributed by atoms with Crippen molar-refractivity contribution in [3.63, 3.8) is 0 Å². The first-order valence-corrected chi connectivity index (χ1v) is 8.03. The molecule has 0 aliphatic heterocycles. The molecule has 1 aliphatic rings. The van der Waals surface area contributed by atoms with Crippen molar-refractivity contribution in [2.45, 2.75) is 0 Å². The van der Waals surface area contributed by atoms with Gasteiger partial charge < -0.3 is 4.74 Å². The molecule has 116 valence electrons. The Morgan fingerprint density at radius 2 is 1.25 bits per heavy atom. The van der Waals surface area contributed by atoms with Crippen molar-refractivity contribution in [3.8, 4) is 5.75 Å². The zero-order valence-corrected chi connectivity index (χ0v) is 13.6. The maximum absolute atomic E-state index is 5.67. The average Bonchev–Trinajstić information content (AvgIpc) is 2.96. The van der Waals surface area contributed by atoms with Gasteiger partial charge in [-0.1, -0.05) is 79.4 Å². The van der Waals surface area contributed by atoms with E-state index in [0.717, 1.165) is 22.4 Å². The normalized spacial score (nSPS) is 13.1. The van der Waals surface area contributed by atoms with Crippen LogP contribution in [0.2, 0.25) is 0 Å². The number of rotatable bonds is 3. The van der Waals surface area contributed by atoms with Crippen LogP contribution >= 0.6 is 0 Å². The summed E-state index contributed by atoms with van der Waals surface area (Å²) in [5, 5.41) is 0. The minimum absolute atomic E-state index is 0.887. The largest absolute Gasteiger partial charge is 0.496 e. The molecular formula is C23H18O. The molecule has 0 aromatic heterocycles. The van der Waals surface area contributed by atoms with E-state index >= 15 is 0 Å². The minimum Gasteiger partial charge on any atom is -0.496 e. The van der Waals surface area contributed by atoms with Crippen LogP contribution in [0, 0.1) is 0 Å². The Kier molecular flexibility index (Phi) is 3.55. The van der Waals surface area contributed by atoms with Gasteiger partial charge >= 0.3 is 0 Å². The number of hydrogen-bond donors (Lipinski definition) is 0. The second-order valence-electron chi connectivity index (χ2n) is 5.84. The van der Waals surface area contributed by atoms with Crippen molar-refractivity contribution in [3.05, 3.63) is 108 Å². The fourth-order valence-corrected chi connectivity index (χ4v) is 3.44. The maximum Gasteiger partial charge on any atom is 0.127 e. The van der Waals surface area contributed by atoms with E-state index in [1.165, 1.54) is 22.3 Å². The Morgan fingerprint density at radius 3 is 1.83 bits per heavy atom. The van der Waals surface area contributed by atoms with Gasteiger partial charge in [0.05, 0.1) is 7.11 Å². The molecule has 0 amide bonds. The molecule has 0 fully saturated rings. The Hall–Kier alpha value is -3.06. The molecule has 0 atom stereocenters. The lowest BCUT2D eigenvalue weighted by atomic mass is 9.93. The van der Waals surface area contributed by atoms with Gasteiger partial charge in [0.2, 0.25) is 0 Å². The number of benzene rings is 3. The monoisotopic (exact) mass is 310 g/mol. The fourth-order valence-electron chi connectivity index (χ4n) is 3.44. The topological polar surface area (TPSA) is 9.23 Å². The lowest BCUT2D eigenvalue weighted by Crippen LogP contribution is -1.93. The number of hydrogen-bond acceptors (Lipinski definition) is 1. The molecule has 1 heteroatoms. The summed E-state index contributed by atoms with van der Waals surface area (Å²) in [5.41, 5.74) is 8.07. The molecule has 24 heavy (non-hydrogen) atoms. The average molecular weight is 310 g/mol. The predicted molar refractivity (Wildman–Crippen MR) is 101 cm³/mol. The smallest absolute Gasteiger partial charge is 0.127 e. The highest BCUT2D eigenvalue weighted by Gasteiger charge is 2.29. The van der Waals surface area contributed by atoms with Crippen LogP contribution in [0.4, 0.5) is 0 Å². The van der Waals surface area contributed by atoms with Crippen LogP contribution in [0.5, 0.6) is 5.75 Å². The first-order chi connectivity index (χ1) is 11.8. The molecule has 1 aliphatic carbocycles. The van der Waals surface area contributed by atoms with E-state index in [0.29, 0.717) is 0 Å². The zero-order chi connectivity index (χ0) is 16.5. The van der Waals surface area contributed by atoms with Crippen molar-refractivity contribution >= 4 is 16.7 Å². The maximum atomic E-state index is 5.67. The highest BCUT2D eigenvalue weighted by molar-refractivity contribution is 6.24. The Morgan fingerprint density at radius 1 is 0.667 bits per heavy atom. The summed E-state index contributed by atoms with van der Waals surface area (Å²) in [6.07, 6.45) is 0. The van der Waals surface area contributed by atoms with Gasteiger partial charge in [-0.25, -0.2) is 0 Å². The van der Waals surface area contributed by atoms with Crippen LogP contribution in [0.15, 0.2) is 85.4 Å². The highest BCUT2D eigenvalue weighted by atomic mass is 16.5. The van der Waals surface area contributed by atoms with Gasteiger partial charge in [0.1, 0.15) is 5.75 Å². The molecule has 0 bridgehead atoms. The molecule has 0 radical (unpaired) electrons. The Bertz CT molecular complexity index is 934. The van der Waals surface area contributed by atoms with Crippen LogP contribution in [-0.4, -0.2) is 7.11 Å². The van der Waals surface area contributed by atoms with Crippen LogP contribution in [-0.2, 0) is 0 Å². The summed E-state index contributed by atoms with van der Waals surface area (Å²) in [6, 6.07) is 27.1. The number of methoxy groups -OCH3 is 1. The summed E-state index contributed by atoms with van der Waals surface area (Å²) in [6.45, 7) is 4.39. The molecule has 1 nitrogen and oxygen atoms in total. The van der Waals surface area contributed by atoms with Crippen LogP contribution in [0.1, 0.15) is 22.3 Å². The van der Waals surface area contributed by atoms with Crippen molar-refractivity contribution in [2.75, 3.05) is 7.11 Å². The lowest BCUT2D eigenvalue weighted by molar-refractivity contribution is 0.413. The minimum atomic E-state index is 0.887. The molecule has 0 saturated carbocycles. The number of ether oxygens (including phenoxy) is 1. The van der Waals surface area contributed by atoms with Gasteiger partial charge in [0.25, 0.3) is 0 Å². The zero-order valence-electron chi connectivity index (χ0n) is 13.6. The summed E-state index contributed by atoms with van der Waals surface area (Å²) in [7, 11) is 1.72. The van der Waals surface area contributed by atoms with E-state index in [4.69, 9.17) is 4.74 Å². The molecule has 0 unspecified atom stereocenters. The van der Waals surface area contributed by atoms with Gasteiger partial charge in [-0.15, -0.1) is 0 Å². The standard InChI is InChI=1S/C23H18O/c1-16-19-14-9-15-20(24-2)23(19)22(18-12-7-4-8-13-18)21(16)17-10-5-3-6-11-17/h3-15H,1H2,2H3. The van der Waals surface area contributed by atoms with E-state index in [-0.39, 0.29) is 0 Å². The highest BCUT2D eigenvalue weighted by Crippen LogP contribution is 2.51. The first kappa shape index (κ1) is 14.5. The first-order valence-electron chi connectivity index (χ1n) is 8.03.